The molecule has 1 aliphatic heterocycles. The molecule has 1 N–H and O–H groups in total. The highest BCUT2D eigenvalue weighted by atomic mass is 16.6. The molecule has 69 heavy (non-hydrogen) atoms. The molecular formula is C59H80N2O8. The standard InChI is InChI=1S/C17H26N2O.C16H18O.C15H22O3.C11H14O3/c1-5-18-9-11-19(12-10-18)16(20)14-7-6-8-15(13-14)17(2,3)4;1-13(2)15-9-6-10-16(11-15)17-12-14-7-4-3-5-8-14;1-11(2)12-7-6-8-13(9-12)17-10-14(16)18-15(3,4)5;1-8(2)9-4-3-5-10(6-9)14-7-11(12)13/h6-8,13H,5,9-12H2,1-4H3;3-11,13H,12H2,1-2H3;6-9,11H,10H2,1-5H3;3-6,8H,7H2,1-2H3,(H,12,13). The monoisotopic (exact) mass is 945 g/mol. The summed E-state index contributed by atoms with van der Waals surface area (Å²) in [4.78, 5) is 38.7. The smallest absolute Gasteiger partial charge is 0.344 e. The van der Waals surface area contributed by atoms with Crippen LogP contribution in [0.4, 0.5) is 0 Å². The maximum Gasteiger partial charge on any atom is 0.344 e. The van der Waals surface area contributed by atoms with Crippen molar-refractivity contribution in [1.29, 1.82) is 0 Å². The van der Waals surface area contributed by atoms with Gasteiger partial charge in [-0.2, -0.15) is 0 Å². The highest BCUT2D eigenvalue weighted by molar-refractivity contribution is 5.94. The molecule has 0 aliphatic carbocycles. The van der Waals surface area contributed by atoms with Gasteiger partial charge in [0.25, 0.3) is 5.91 Å². The van der Waals surface area contributed by atoms with Crippen molar-refractivity contribution >= 4 is 17.8 Å². The van der Waals surface area contributed by atoms with Crippen LogP contribution in [0.15, 0.2) is 127 Å². The fourth-order valence-corrected chi connectivity index (χ4v) is 6.86. The molecule has 1 fully saturated rings. The predicted octanol–water partition coefficient (Wildman–Crippen LogP) is 13.0. The lowest BCUT2D eigenvalue weighted by molar-refractivity contribution is -0.157. The Balaban J connectivity index is 0.000000245. The first-order chi connectivity index (χ1) is 32.5. The van der Waals surface area contributed by atoms with E-state index in [1.807, 2.05) is 105 Å². The maximum absolute atomic E-state index is 12.6. The Kier molecular flexibility index (Phi) is 23.5. The number of carboxylic acid groups (broad SMARTS) is 1. The van der Waals surface area contributed by atoms with Crippen molar-refractivity contribution in [2.75, 3.05) is 45.9 Å². The fraction of sp³-hybridized carbons (Fsp3) is 0.441. The summed E-state index contributed by atoms with van der Waals surface area (Å²) in [6.07, 6.45) is 0. The summed E-state index contributed by atoms with van der Waals surface area (Å²) < 4.78 is 21.4. The van der Waals surface area contributed by atoms with Crippen molar-refractivity contribution in [3.63, 3.8) is 0 Å². The van der Waals surface area contributed by atoms with Gasteiger partial charge in [-0.3, -0.25) is 4.79 Å². The van der Waals surface area contributed by atoms with Crippen molar-refractivity contribution in [3.8, 4) is 17.2 Å². The third kappa shape index (κ3) is 22.2. The van der Waals surface area contributed by atoms with E-state index in [9.17, 15) is 14.4 Å². The van der Waals surface area contributed by atoms with Crippen LogP contribution in [-0.2, 0) is 26.3 Å². The summed E-state index contributed by atoms with van der Waals surface area (Å²) in [7, 11) is 0. The van der Waals surface area contributed by atoms with E-state index < -0.39 is 11.6 Å². The number of hydrogen-bond acceptors (Lipinski definition) is 8. The van der Waals surface area contributed by atoms with Gasteiger partial charge in [-0.05, 0) is 127 Å². The van der Waals surface area contributed by atoms with Crippen LogP contribution in [0.1, 0.15) is 146 Å². The Morgan fingerprint density at radius 1 is 0.565 bits per heavy atom. The average molecular weight is 945 g/mol. The molecule has 1 aliphatic rings. The van der Waals surface area contributed by atoms with Crippen molar-refractivity contribution < 1.29 is 38.4 Å². The van der Waals surface area contributed by atoms with E-state index in [1.165, 1.54) is 22.3 Å². The zero-order valence-electron chi connectivity index (χ0n) is 43.7. The molecule has 5 aromatic rings. The number of benzene rings is 5. The minimum atomic E-state index is -0.958. The highest BCUT2D eigenvalue weighted by Crippen LogP contribution is 2.25. The second-order valence-electron chi connectivity index (χ2n) is 20.1. The number of rotatable bonds is 14. The lowest BCUT2D eigenvalue weighted by atomic mass is 9.86. The van der Waals surface area contributed by atoms with Crippen LogP contribution in [0.25, 0.3) is 0 Å². The van der Waals surface area contributed by atoms with E-state index >= 15 is 0 Å². The second-order valence-corrected chi connectivity index (χ2v) is 20.1. The second kappa shape index (κ2) is 28.4. The minimum Gasteiger partial charge on any atom is -0.489 e. The number of ether oxygens (including phenoxy) is 4. The number of hydrogen-bond donors (Lipinski definition) is 1. The number of amides is 1. The van der Waals surface area contributed by atoms with Crippen LogP contribution in [0.5, 0.6) is 17.2 Å². The van der Waals surface area contributed by atoms with Gasteiger partial charge in [-0.25, -0.2) is 9.59 Å². The normalized spacial score (nSPS) is 12.7. The number of carbonyl (C=O) groups excluding carboxylic acids is 2. The molecule has 0 aromatic heterocycles. The van der Waals surface area contributed by atoms with E-state index in [2.05, 4.69) is 117 Å². The largest absolute Gasteiger partial charge is 0.489 e. The van der Waals surface area contributed by atoms with Gasteiger partial charge in [0.15, 0.2) is 13.2 Å². The molecule has 1 saturated heterocycles. The van der Waals surface area contributed by atoms with Crippen molar-refractivity contribution in [1.82, 2.24) is 9.80 Å². The minimum absolute atomic E-state index is 0.0567. The summed E-state index contributed by atoms with van der Waals surface area (Å²) >= 11 is 0. The predicted molar refractivity (Wildman–Crippen MR) is 280 cm³/mol. The summed E-state index contributed by atoms with van der Waals surface area (Å²) in [5.74, 6) is 2.52. The number of piperazine rings is 1. The van der Waals surface area contributed by atoms with Crippen LogP contribution in [0, 0.1) is 0 Å². The zero-order chi connectivity index (χ0) is 51.1. The van der Waals surface area contributed by atoms with E-state index in [4.69, 9.17) is 24.1 Å². The Labute approximate surface area is 414 Å². The van der Waals surface area contributed by atoms with E-state index in [1.54, 1.807) is 6.07 Å². The first-order valence-electron chi connectivity index (χ1n) is 24.3. The van der Waals surface area contributed by atoms with Crippen molar-refractivity contribution in [3.05, 3.63) is 161 Å². The highest BCUT2D eigenvalue weighted by Gasteiger charge is 2.23. The lowest BCUT2D eigenvalue weighted by Gasteiger charge is -2.34. The topological polar surface area (TPSA) is 115 Å². The van der Waals surface area contributed by atoms with Gasteiger partial charge >= 0.3 is 11.9 Å². The molecule has 1 heterocycles. The molecule has 0 atom stereocenters. The van der Waals surface area contributed by atoms with Crippen molar-refractivity contribution in [2.24, 2.45) is 0 Å². The molecule has 10 nitrogen and oxygen atoms in total. The molecule has 1 amide bonds. The van der Waals surface area contributed by atoms with Gasteiger partial charge in [0.1, 0.15) is 29.5 Å². The molecule has 0 spiro atoms. The third-order valence-electron chi connectivity index (χ3n) is 11.0. The zero-order valence-corrected chi connectivity index (χ0v) is 43.7. The fourth-order valence-electron chi connectivity index (χ4n) is 6.86. The van der Waals surface area contributed by atoms with Crippen LogP contribution >= 0.6 is 0 Å². The number of carbonyl (C=O) groups is 3. The molecule has 0 saturated carbocycles. The number of likely N-dealkylation sites (N-methyl/N-ethyl adjacent to an activating group) is 1. The van der Waals surface area contributed by atoms with Crippen molar-refractivity contribution in [2.45, 2.75) is 125 Å². The van der Waals surface area contributed by atoms with Crippen LogP contribution in [-0.4, -0.2) is 84.3 Å². The lowest BCUT2D eigenvalue weighted by Crippen LogP contribution is -2.48. The summed E-state index contributed by atoms with van der Waals surface area (Å²) in [5.41, 5.74) is 6.50. The molecular weight excluding hydrogens is 865 g/mol. The molecule has 6 rings (SSSR count). The molecule has 0 radical (unpaired) electrons. The number of esters is 1. The summed E-state index contributed by atoms with van der Waals surface area (Å²) in [5, 5.41) is 8.43. The first kappa shape index (κ1) is 57.2. The first-order valence-corrected chi connectivity index (χ1v) is 24.3. The van der Waals surface area contributed by atoms with Crippen LogP contribution < -0.4 is 14.2 Å². The Hall–Kier alpha value is -6.13. The molecule has 10 heteroatoms. The van der Waals surface area contributed by atoms with Gasteiger partial charge < -0.3 is 33.9 Å². The van der Waals surface area contributed by atoms with Crippen LogP contribution in [0.2, 0.25) is 0 Å². The SMILES string of the molecule is CC(C)c1cccc(OCC(=O)O)c1.CC(C)c1cccc(OCC(=O)OC(C)(C)C)c1.CC(C)c1cccc(OCc2ccccc2)c1.CCN1CCN(C(=O)c2cccc(C(C)(C)C)c2)CC1. The third-order valence-corrected chi connectivity index (χ3v) is 11.0. The van der Waals surface area contributed by atoms with E-state index in [0.717, 1.165) is 49.6 Å². The number of nitrogens with zero attached hydrogens (tertiary/aromatic N) is 2. The van der Waals surface area contributed by atoms with Crippen LogP contribution in [0.3, 0.4) is 0 Å². The van der Waals surface area contributed by atoms with Gasteiger partial charge in [0, 0.05) is 31.7 Å². The van der Waals surface area contributed by atoms with E-state index in [-0.39, 0.29) is 30.5 Å². The molecule has 0 bridgehead atoms. The van der Waals surface area contributed by atoms with E-state index in [0.29, 0.717) is 35.9 Å². The quantitative estimate of drug-likeness (QED) is 0.109. The number of carboxylic acids is 1. The van der Waals surface area contributed by atoms with Gasteiger partial charge in [0.05, 0.1) is 0 Å². The Morgan fingerprint density at radius 3 is 1.46 bits per heavy atom. The molecule has 0 unspecified atom stereocenters. The summed E-state index contributed by atoms with van der Waals surface area (Å²) in [6.45, 7) is 32.0. The average Bonchev–Trinajstić information content (AvgIpc) is 3.32. The molecule has 5 aromatic carbocycles. The molecule has 374 valence electrons. The van der Waals surface area contributed by atoms with Gasteiger partial charge in [-0.1, -0.05) is 148 Å². The maximum atomic E-state index is 12.6. The van der Waals surface area contributed by atoms with Gasteiger partial charge in [-0.15, -0.1) is 0 Å². The Morgan fingerprint density at radius 2 is 1.03 bits per heavy atom. The Bertz CT molecular complexity index is 2300. The number of aliphatic carboxylic acids is 1. The van der Waals surface area contributed by atoms with Gasteiger partial charge in [0.2, 0.25) is 0 Å². The summed E-state index contributed by atoms with van der Waals surface area (Å²) in [6, 6.07) is 41.9.